The molecular formula is C16H25N3O. The van der Waals surface area contributed by atoms with Crippen LogP contribution in [0.15, 0.2) is 11.0 Å². The van der Waals surface area contributed by atoms with Gasteiger partial charge in [-0.05, 0) is 43.4 Å². The van der Waals surface area contributed by atoms with Gasteiger partial charge in [-0.3, -0.25) is 4.79 Å². The highest BCUT2D eigenvalue weighted by Crippen LogP contribution is 2.48. The first-order valence-electron chi connectivity index (χ1n) is 7.95. The van der Waals surface area contributed by atoms with E-state index in [4.69, 9.17) is 0 Å². The number of nitrogens with one attached hydrogen (secondary N) is 1. The van der Waals surface area contributed by atoms with E-state index in [9.17, 15) is 4.79 Å². The van der Waals surface area contributed by atoms with Crippen molar-refractivity contribution in [2.24, 2.45) is 11.3 Å². The average molecular weight is 275 g/mol. The first-order valence-corrected chi connectivity index (χ1v) is 7.95. The Morgan fingerprint density at radius 3 is 2.70 bits per heavy atom. The average Bonchev–Trinajstić information content (AvgIpc) is 2.81. The molecule has 0 amide bonds. The Morgan fingerprint density at radius 1 is 1.40 bits per heavy atom. The SMILES string of the molecule is CCc1cnc(N2CCC3(CC[C@H](C)C3)CC2)c(=O)[nH]1. The second-order valence-corrected chi connectivity index (χ2v) is 6.75. The summed E-state index contributed by atoms with van der Waals surface area (Å²) >= 11 is 0. The minimum atomic E-state index is -0.0277. The van der Waals surface area contributed by atoms with Gasteiger partial charge in [0, 0.05) is 25.0 Å². The number of nitrogens with zero attached hydrogens (tertiary/aromatic N) is 2. The van der Waals surface area contributed by atoms with E-state index in [-0.39, 0.29) is 5.56 Å². The van der Waals surface area contributed by atoms with E-state index < -0.39 is 0 Å². The summed E-state index contributed by atoms with van der Waals surface area (Å²) in [6, 6.07) is 0. The predicted octanol–water partition coefficient (Wildman–Crippen LogP) is 2.74. The molecule has 1 aromatic rings. The summed E-state index contributed by atoms with van der Waals surface area (Å²) in [7, 11) is 0. The minimum Gasteiger partial charge on any atom is -0.352 e. The van der Waals surface area contributed by atoms with Crippen molar-refractivity contribution in [2.75, 3.05) is 18.0 Å². The third-order valence-corrected chi connectivity index (χ3v) is 5.27. The van der Waals surface area contributed by atoms with Gasteiger partial charge < -0.3 is 9.88 Å². The molecule has 110 valence electrons. The highest BCUT2D eigenvalue weighted by molar-refractivity contribution is 5.36. The molecule has 1 N–H and O–H groups in total. The van der Waals surface area contributed by atoms with Crippen LogP contribution in [0.5, 0.6) is 0 Å². The molecule has 2 heterocycles. The molecule has 1 aliphatic carbocycles. The summed E-state index contributed by atoms with van der Waals surface area (Å²) in [5.41, 5.74) is 1.45. The lowest BCUT2D eigenvalue weighted by molar-refractivity contribution is 0.218. The van der Waals surface area contributed by atoms with Crippen LogP contribution >= 0.6 is 0 Å². The zero-order valence-corrected chi connectivity index (χ0v) is 12.6. The van der Waals surface area contributed by atoms with Crippen LogP contribution in [-0.4, -0.2) is 23.1 Å². The number of aryl methyl sites for hydroxylation is 1. The monoisotopic (exact) mass is 275 g/mol. The van der Waals surface area contributed by atoms with Gasteiger partial charge >= 0.3 is 0 Å². The summed E-state index contributed by atoms with van der Waals surface area (Å²) < 4.78 is 0. The highest BCUT2D eigenvalue weighted by atomic mass is 16.1. The Hall–Kier alpha value is -1.32. The van der Waals surface area contributed by atoms with Gasteiger partial charge in [-0.1, -0.05) is 20.3 Å². The zero-order chi connectivity index (χ0) is 14.2. The van der Waals surface area contributed by atoms with Gasteiger partial charge in [0.15, 0.2) is 5.82 Å². The van der Waals surface area contributed by atoms with E-state index in [0.29, 0.717) is 11.2 Å². The zero-order valence-electron chi connectivity index (χ0n) is 12.6. The third kappa shape index (κ3) is 2.48. The van der Waals surface area contributed by atoms with Crippen LogP contribution in [0.2, 0.25) is 0 Å². The Kier molecular flexibility index (Phi) is 3.57. The van der Waals surface area contributed by atoms with Gasteiger partial charge in [0.2, 0.25) is 0 Å². The second kappa shape index (κ2) is 5.23. The maximum absolute atomic E-state index is 12.1. The number of piperidine rings is 1. The highest BCUT2D eigenvalue weighted by Gasteiger charge is 2.40. The first kappa shape index (κ1) is 13.7. The molecule has 2 fully saturated rings. The summed E-state index contributed by atoms with van der Waals surface area (Å²) in [6.07, 6.45) is 9.19. The van der Waals surface area contributed by atoms with Crippen LogP contribution in [0, 0.1) is 11.3 Å². The topological polar surface area (TPSA) is 49.0 Å². The number of H-pyrrole nitrogens is 1. The van der Waals surface area contributed by atoms with Crippen LogP contribution in [0.25, 0.3) is 0 Å². The molecule has 0 unspecified atom stereocenters. The van der Waals surface area contributed by atoms with Gasteiger partial charge in [0.25, 0.3) is 5.56 Å². The molecular weight excluding hydrogens is 250 g/mol. The van der Waals surface area contributed by atoms with Crippen molar-refractivity contribution in [2.45, 2.75) is 52.4 Å². The van der Waals surface area contributed by atoms with E-state index in [1.807, 2.05) is 6.92 Å². The van der Waals surface area contributed by atoms with Gasteiger partial charge in [0.1, 0.15) is 0 Å². The second-order valence-electron chi connectivity index (χ2n) is 6.75. The normalized spacial score (nSPS) is 25.3. The van der Waals surface area contributed by atoms with E-state index in [0.717, 1.165) is 31.1 Å². The standard InChI is InChI=1S/C16H25N3O/c1-3-13-11-17-14(15(20)18-13)19-8-6-16(7-9-19)5-4-12(2)10-16/h11-12H,3-10H2,1-2H3,(H,18,20)/t12-/m0/s1. The summed E-state index contributed by atoms with van der Waals surface area (Å²) in [4.78, 5) is 21.6. The number of rotatable bonds is 2. The summed E-state index contributed by atoms with van der Waals surface area (Å²) in [5.74, 6) is 1.50. The number of aromatic amines is 1. The number of aromatic nitrogens is 2. The molecule has 1 saturated heterocycles. The van der Waals surface area contributed by atoms with Crippen molar-refractivity contribution < 1.29 is 0 Å². The lowest BCUT2D eigenvalue weighted by Crippen LogP contribution is -2.41. The summed E-state index contributed by atoms with van der Waals surface area (Å²) in [5, 5.41) is 0. The predicted molar refractivity (Wildman–Crippen MR) is 81.1 cm³/mol. The number of hydrogen-bond donors (Lipinski definition) is 1. The largest absolute Gasteiger partial charge is 0.352 e. The number of anilines is 1. The van der Waals surface area contributed by atoms with Crippen LogP contribution in [0.3, 0.4) is 0 Å². The maximum atomic E-state index is 12.1. The Labute approximate surface area is 120 Å². The molecule has 20 heavy (non-hydrogen) atoms. The van der Waals surface area contributed by atoms with Crippen molar-refractivity contribution in [1.82, 2.24) is 9.97 Å². The Morgan fingerprint density at radius 2 is 2.15 bits per heavy atom. The van der Waals surface area contributed by atoms with Crippen molar-refractivity contribution in [3.63, 3.8) is 0 Å². The first-order chi connectivity index (χ1) is 9.62. The van der Waals surface area contributed by atoms with Gasteiger partial charge in [0.05, 0.1) is 0 Å². The fraction of sp³-hybridized carbons (Fsp3) is 0.750. The maximum Gasteiger partial charge on any atom is 0.291 e. The Balaban J connectivity index is 1.71. The third-order valence-electron chi connectivity index (χ3n) is 5.27. The minimum absolute atomic E-state index is 0.0277. The fourth-order valence-electron chi connectivity index (χ4n) is 3.98. The molecule has 1 atom stereocenters. The van der Waals surface area contributed by atoms with Gasteiger partial charge in [-0.2, -0.15) is 0 Å². The number of hydrogen-bond acceptors (Lipinski definition) is 3. The van der Waals surface area contributed by atoms with Crippen molar-refractivity contribution in [3.8, 4) is 0 Å². The van der Waals surface area contributed by atoms with Gasteiger partial charge in [-0.15, -0.1) is 0 Å². The molecule has 0 radical (unpaired) electrons. The quantitative estimate of drug-likeness (QED) is 0.903. The molecule has 2 aliphatic rings. The lowest BCUT2D eigenvalue weighted by atomic mass is 9.76. The fourth-order valence-corrected chi connectivity index (χ4v) is 3.98. The molecule has 1 aromatic heterocycles. The van der Waals surface area contributed by atoms with Crippen LogP contribution < -0.4 is 10.5 Å². The van der Waals surface area contributed by atoms with E-state index in [2.05, 4.69) is 21.8 Å². The van der Waals surface area contributed by atoms with E-state index >= 15 is 0 Å². The van der Waals surface area contributed by atoms with Gasteiger partial charge in [-0.25, -0.2) is 4.98 Å². The molecule has 1 aliphatic heterocycles. The molecule has 4 heteroatoms. The van der Waals surface area contributed by atoms with Crippen LogP contribution in [0.4, 0.5) is 5.82 Å². The Bertz CT molecular complexity index is 529. The van der Waals surface area contributed by atoms with Crippen LogP contribution in [-0.2, 0) is 6.42 Å². The lowest BCUT2D eigenvalue weighted by Gasteiger charge is -2.39. The van der Waals surface area contributed by atoms with E-state index in [1.165, 1.54) is 32.1 Å². The molecule has 1 saturated carbocycles. The van der Waals surface area contributed by atoms with Crippen molar-refractivity contribution >= 4 is 5.82 Å². The van der Waals surface area contributed by atoms with Crippen molar-refractivity contribution in [1.29, 1.82) is 0 Å². The molecule has 3 rings (SSSR count). The molecule has 0 bridgehead atoms. The molecule has 1 spiro atoms. The summed E-state index contributed by atoms with van der Waals surface area (Å²) in [6.45, 7) is 6.36. The van der Waals surface area contributed by atoms with Crippen molar-refractivity contribution in [3.05, 3.63) is 22.2 Å². The van der Waals surface area contributed by atoms with E-state index in [1.54, 1.807) is 6.20 Å². The smallest absolute Gasteiger partial charge is 0.291 e. The molecule has 0 aromatic carbocycles. The van der Waals surface area contributed by atoms with Crippen LogP contribution in [0.1, 0.15) is 51.6 Å². The molecule has 4 nitrogen and oxygen atoms in total.